The Balaban J connectivity index is 0.000000412. The fourth-order valence-corrected chi connectivity index (χ4v) is 2.15. The number of carbonyl (C=O) groups excluding carboxylic acids is 1. The molecule has 2 rings (SSSR count). The Labute approximate surface area is 155 Å². The van der Waals surface area contributed by atoms with Gasteiger partial charge in [-0.2, -0.15) is 0 Å². The molecule has 26 heavy (non-hydrogen) atoms. The number of nitrogens with zero attached hydrogens (tertiary/aromatic N) is 1. The fourth-order valence-electron chi connectivity index (χ4n) is 2.15. The molecule has 0 saturated heterocycles. The summed E-state index contributed by atoms with van der Waals surface area (Å²) < 4.78 is 0.844. The van der Waals surface area contributed by atoms with Crippen LogP contribution in [0.15, 0.2) is 54.6 Å². The quantitative estimate of drug-likeness (QED) is 0.615. The normalized spacial score (nSPS) is 11.9. The summed E-state index contributed by atoms with van der Waals surface area (Å²) in [5.74, 6) is -1.62. The molecule has 0 saturated carbocycles. The molecule has 2 aromatic rings. The SMILES string of the molecule is CC(C(=O)O)c1cccc(C(=O)c2ccccc2)c1.C[N+](C)(C)CCO. The molecule has 1 unspecified atom stereocenters. The number of aliphatic carboxylic acids is 1. The van der Waals surface area contributed by atoms with Crippen LogP contribution in [0.2, 0.25) is 0 Å². The first-order valence-corrected chi connectivity index (χ1v) is 8.49. The number of rotatable bonds is 6. The van der Waals surface area contributed by atoms with Gasteiger partial charge in [0.2, 0.25) is 0 Å². The molecule has 1 atom stereocenters. The standard InChI is InChI=1S/C16H14O3.C5H14NO/c1-11(16(18)19)13-8-5-9-14(10-13)15(17)12-6-3-2-4-7-12;1-6(2,3)4-5-7/h2-11H,1H3,(H,18,19);7H,4-5H2,1-3H3/q;+1. The Hall–Kier alpha value is -2.50. The van der Waals surface area contributed by atoms with Gasteiger partial charge in [-0.25, -0.2) is 0 Å². The van der Waals surface area contributed by atoms with E-state index in [1.807, 2.05) is 6.07 Å². The molecular formula is C21H28NO4+. The van der Waals surface area contributed by atoms with E-state index in [-0.39, 0.29) is 12.4 Å². The van der Waals surface area contributed by atoms with Crippen LogP contribution in [0, 0.1) is 0 Å². The van der Waals surface area contributed by atoms with Crippen LogP contribution in [-0.4, -0.2) is 60.7 Å². The molecule has 5 nitrogen and oxygen atoms in total. The molecular weight excluding hydrogens is 330 g/mol. The molecule has 0 spiro atoms. The maximum atomic E-state index is 12.2. The van der Waals surface area contributed by atoms with Gasteiger partial charge >= 0.3 is 5.97 Å². The van der Waals surface area contributed by atoms with Crippen LogP contribution in [0.3, 0.4) is 0 Å². The number of hydrogen-bond acceptors (Lipinski definition) is 3. The maximum Gasteiger partial charge on any atom is 0.310 e. The lowest BCUT2D eigenvalue weighted by atomic mass is 9.96. The number of likely N-dealkylation sites (N-methyl/N-ethyl adjacent to an activating group) is 1. The van der Waals surface area contributed by atoms with Crippen molar-refractivity contribution in [3.05, 3.63) is 71.3 Å². The van der Waals surface area contributed by atoms with Crippen molar-refractivity contribution in [3.63, 3.8) is 0 Å². The molecule has 0 aliphatic heterocycles. The van der Waals surface area contributed by atoms with Crippen molar-refractivity contribution in [2.24, 2.45) is 0 Å². The number of aliphatic hydroxyl groups excluding tert-OH is 1. The van der Waals surface area contributed by atoms with Crippen molar-refractivity contribution < 1.29 is 24.3 Å². The van der Waals surface area contributed by atoms with Gasteiger partial charge in [0.1, 0.15) is 6.54 Å². The van der Waals surface area contributed by atoms with Gasteiger partial charge in [-0.3, -0.25) is 9.59 Å². The number of carboxylic acid groups (broad SMARTS) is 1. The smallest absolute Gasteiger partial charge is 0.310 e. The highest BCUT2D eigenvalue weighted by Crippen LogP contribution is 2.18. The number of hydrogen-bond donors (Lipinski definition) is 2. The lowest BCUT2D eigenvalue weighted by Crippen LogP contribution is -2.36. The summed E-state index contributed by atoms with van der Waals surface area (Å²) in [6.07, 6.45) is 0. The van der Waals surface area contributed by atoms with Crippen molar-refractivity contribution in [2.45, 2.75) is 12.8 Å². The van der Waals surface area contributed by atoms with Crippen molar-refractivity contribution in [2.75, 3.05) is 34.3 Å². The van der Waals surface area contributed by atoms with E-state index in [2.05, 4.69) is 21.1 Å². The predicted octanol–water partition coefficient (Wildman–Crippen LogP) is 2.79. The number of carbonyl (C=O) groups is 2. The van der Waals surface area contributed by atoms with Crippen LogP contribution < -0.4 is 0 Å². The van der Waals surface area contributed by atoms with Crippen LogP contribution in [-0.2, 0) is 4.79 Å². The third-order valence-electron chi connectivity index (χ3n) is 3.83. The van der Waals surface area contributed by atoms with Crippen LogP contribution in [0.1, 0.15) is 34.3 Å². The zero-order valence-corrected chi connectivity index (χ0v) is 15.8. The van der Waals surface area contributed by atoms with Gasteiger partial charge in [0.25, 0.3) is 0 Å². The van der Waals surface area contributed by atoms with Crippen LogP contribution >= 0.6 is 0 Å². The van der Waals surface area contributed by atoms with E-state index < -0.39 is 11.9 Å². The average molecular weight is 358 g/mol. The molecule has 140 valence electrons. The molecule has 0 bridgehead atoms. The monoisotopic (exact) mass is 358 g/mol. The third-order valence-corrected chi connectivity index (χ3v) is 3.83. The Kier molecular flexibility index (Phi) is 8.16. The molecule has 0 heterocycles. The van der Waals surface area contributed by atoms with Gasteiger partial charge in [0, 0.05) is 11.1 Å². The first-order valence-electron chi connectivity index (χ1n) is 8.49. The van der Waals surface area contributed by atoms with Crippen molar-refractivity contribution in [1.29, 1.82) is 0 Å². The van der Waals surface area contributed by atoms with Gasteiger partial charge in [-0.05, 0) is 18.6 Å². The summed E-state index contributed by atoms with van der Waals surface area (Å²) in [6, 6.07) is 15.7. The van der Waals surface area contributed by atoms with Gasteiger partial charge in [0.05, 0.1) is 33.7 Å². The van der Waals surface area contributed by atoms with Crippen molar-refractivity contribution in [3.8, 4) is 0 Å². The van der Waals surface area contributed by atoms with Crippen LogP contribution in [0.25, 0.3) is 0 Å². The van der Waals surface area contributed by atoms with E-state index in [1.165, 1.54) is 0 Å². The zero-order valence-electron chi connectivity index (χ0n) is 15.8. The number of quaternary nitrogens is 1. The molecule has 0 aromatic heterocycles. The van der Waals surface area contributed by atoms with Gasteiger partial charge in [-0.15, -0.1) is 0 Å². The largest absolute Gasteiger partial charge is 0.481 e. The molecule has 0 aliphatic rings. The van der Waals surface area contributed by atoms with E-state index in [0.717, 1.165) is 11.0 Å². The lowest BCUT2D eigenvalue weighted by molar-refractivity contribution is -0.870. The topological polar surface area (TPSA) is 74.6 Å². The number of aliphatic hydroxyl groups is 1. The Morgan fingerprint density at radius 2 is 1.54 bits per heavy atom. The minimum atomic E-state index is -0.899. The first-order chi connectivity index (χ1) is 12.2. The summed E-state index contributed by atoms with van der Waals surface area (Å²) in [5, 5.41) is 17.4. The minimum Gasteiger partial charge on any atom is -0.481 e. The molecule has 5 heteroatoms. The second-order valence-electron chi connectivity index (χ2n) is 7.12. The summed E-state index contributed by atoms with van der Waals surface area (Å²) in [4.78, 5) is 23.2. The average Bonchev–Trinajstić information content (AvgIpc) is 2.60. The Bertz CT molecular complexity index is 720. The van der Waals surface area contributed by atoms with E-state index >= 15 is 0 Å². The molecule has 0 fully saturated rings. The molecule has 0 radical (unpaired) electrons. The van der Waals surface area contributed by atoms with Crippen molar-refractivity contribution in [1.82, 2.24) is 0 Å². The highest BCUT2D eigenvalue weighted by molar-refractivity contribution is 6.09. The van der Waals surface area contributed by atoms with E-state index in [4.69, 9.17) is 10.2 Å². The Morgan fingerprint density at radius 1 is 0.962 bits per heavy atom. The summed E-state index contributed by atoms with van der Waals surface area (Å²) in [6.45, 7) is 2.72. The maximum absolute atomic E-state index is 12.2. The minimum absolute atomic E-state index is 0.0972. The van der Waals surface area contributed by atoms with E-state index in [9.17, 15) is 9.59 Å². The summed E-state index contributed by atoms with van der Waals surface area (Å²) >= 11 is 0. The zero-order chi connectivity index (χ0) is 19.7. The summed E-state index contributed by atoms with van der Waals surface area (Å²) in [7, 11) is 6.16. The molecule has 0 amide bonds. The van der Waals surface area contributed by atoms with Gasteiger partial charge in [0.15, 0.2) is 5.78 Å². The Morgan fingerprint density at radius 3 is 2.00 bits per heavy atom. The summed E-state index contributed by atoms with van der Waals surface area (Å²) in [5.41, 5.74) is 1.74. The molecule has 2 aromatic carbocycles. The van der Waals surface area contributed by atoms with Gasteiger partial charge in [-0.1, -0.05) is 48.5 Å². The molecule has 0 aliphatic carbocycles. The molecule has 2 N–H and O–H groups in total. The second-order valence-corrected chi connectivity index (χ2v) is 7.12. The number of benzene rings is 2. The fraction of sp³-hybridized carbons (Fsp3) is 0.333. The number of carboxylic acids is 1. The van der Waals surface area contributed by atoms with E-state index in [0.29, 0.717) is 16.7 Å². The van der Waals surface area contributed by atoms with E-state index in [1.54, 1.807) is 55.5 Å². The highest BCUT2D eigenvalue weighted by Gasteiger charge is 2.16. The van der Waals surface area contributed by atoms with Crippen molar-refractivity contribution >= 4 is 11.8 Å². The highest BCUT2D eigenvalue weighted by atomic mass is 16.4. The third kappa shape index (κ3) is 7.17. The van der Waals surface area contributed by atoms with Gasteiger partial charge < -0.3 is 14.7 Å². The second kappa shape index (κ2) is 9.85. The first kappa shape index (κ1) is 21.5. The van der Waals surface area contributed by atoms with Crippen LogP contribution in [0.5, 0.6) is 0 Å². The lowest BCUT2D eigenvalue weighted by Gasteiger charge is -2.21. The van der Waals surface area contributed by atoms with Crippen LogP contribution in [0.4, 0.5) is 0 Å². The number of ketones is 1. The predicted molar refractivity (Wildman–Crippen MR) is 102 cm³/mol.